The van der Waals surface area contributed by atoms with E-state index in [0.29, 0.717) is 5.56 Å². The van der Waals surface area contributed by atoms with Gasteiger partial charge in [-0.3, -0.25) is 4.79 Å². The summed E-state index contributed by atoms with van der Waals surface area (Å²) in [6.45, 7) is 5.30. The second kappa shape index (κ2) is 5.93. The predicted octanol–water partition coefficient (Wildman–Crippen LogP) is 1.30. The van der Waals surface area contributed by atoms with Crippen molar-refractivity contribution in [2.24, 2.45) is 5.73 Å². The highest BCUT2D eigenvalue weighted by Crippen LogP contribution is 2.14. The summed E-state index contributed by atoms with van der Waals surface area (Å²) in [7, 11) is -3.27. The number of rotatable bonds is 4. The average molecular weight is 299 g/mol. The smallest absolute Gasteiger partial charge is 0.323 e. The van der Waals surface area contributed by atoms with Crippen molar-refractivity contribution in [3.63, 3.8) is 0 Å². The molecule has 0 heterocycles. The molecule has 1 rings (SSSR count). The highest BCUT2D eigenvalue weighted by molar-refractivity contribution is 7.90. The Morgan fingerprint density at radius 1 is 1.35 bits per heavy atom. The molecule has 2 N–H and O–H groups in total. The van der Waals surface area contributed by atoms with Crippen LogP contribution in [0.3, 0.4) is 0 Å². The fraction of sp³-hybridized carbons (Fsp3) is 0.500. The molecule has 1 atom stereocenters. The van der Waals surface area contributed by atoms with Crippen LogP contribution in [0.15, 0.2) is 29.2 Å². The van der Waals surface area contributed by atoms with Crippen LogP contribution in [0.1, 0.15) is 26.3 Å². The van der Waals surface area contributed by atoms with E-state index in [-0.39, 0.29) is 11.3 Å². The average Bonchev–Trinajstić information content (AvgIpc) is 2.25. The number of hydrogen-bond acceptors (Lipinski definition) is 5. The first-order chi connectivity index (χ1) is 8.99. The maximum Gasteiger partial charge on any atom is 0.323 e. The van der Waals surface area contributed by atoms with Gasteiger partial charge in [-0.15, -0.1) is 0 Å². The molecule has 5 nitrogen and oxygen atoms in total. The third-order valence-electron chi connectivity index (χ3n) is 2.49. The van der Waals surface area contributed by atoms with Gasteiger partial charge < -0.3 is 10.5 Å². The molecule has 1 aromatic rings. The number of hydrogen-bond donors (Lipinski definition) is 1. The summed E-state index contributed by atoms with van der Waals surface area (Å²) < 4.78 is 28.1. The lowest BCUT2D eigenvalue weighted by molar-refractivity contribution is -0.156. The second-order valence-corrected chi connectivity index (χ2v) is 7.78. The largest absolute Gasteiger partial charge is 0.459 e. The number of carbonyl (C=O) groups is 1. The van der Waals surface area contributed by atoms with Crippen molar-refractivity contribution in [3.8, 4) is 0 Å². The van der Waals surface area contributed by atoms with Crippen LogP contribution in [-0.4, -0.2) is 32.3 Å². The Balaban J connectivity index is 2.81. The fourth-order valence-electron chi connectivity index (χ4n) is 1.62. The number of carbonyl (C=O) groups excluding carboxylic acids is 1. The van der Waals surface area contributed by atoms with Crippen molar-refractivity contribution in [2.75, 3.05) is 6.26 Å². The number of esters is 1. The third-order valence-corrected chi connectivity index (χ3v) is 3.60. The number of ether oxygens (including phenoxy) is 1. The van der Waals surface area contributed by atoms with Crippen LogP contribution in [0, 0.1) is 0 Å². The van der Waals surface area contributed by atoms with E-state index >= 15 is 0 Å². The van der Waals surface area contributed by atoms with Gasteiger partial charge in [-0.2, -0.15) is 0 Å². The van der Waals surface area contributed by atoms with Crippen LogP contribution in [0.4, 0.5) is 0 Å². The van der Waals surface area contributed by atoms with E-state index in [1.54, 1.807) is 32.9 Å². The van der Waals surface area contributed by atoms with E-state index in [0.717, 1.165) is 6.26 Å². The lowest BCUT2D eigenvalue weighted by atomic mass is 10.1. The molecule has 0 aromatic heterocycles. The first kappa shape index (κ1) is 16.7. The maximum absolute atomic E-state index is 11.8. The minimum atomic E-state index is -3.27. The summed E-state index contributed by atoms with van der Waals surface area (Å²) in [5.74, 6) is -0.498. The fourth-order valence-corrected chi connectivity index (χ4v) is 2.31. The highest BCUT2D eigenvalue weighted by atomic mass is 32.2. The molecule has 112 valence electrons. The molecule has 0 saturated heterocycles. The van der Waals surface area contributed by atoms with Crippen LogP contribution in [-0.2, 0) is 25.8 Å². The van der Waals surface area contributed by atoms with Gasteiger partial charge in [0, 0.05) is 6.26 Å². The molecule has 0 amide bonds. The van der Waals surface area contributed by atoms with E-state index in [1.807, 2.05) is 0 Å². The molecular formula is C14H21NO4S. The topological polar surface area (TPSA) is 86.5 Å². The van der Waals surface area contributed by atoms with E-state index < -0.39 is 27.4 Å². The molecule has 0 radical (unpaired) electrons. The van der Waals surface area contributed by atoms with E-state index in [9.17, 15) is 13.2 Å². The molecule has 20 heavy (non-hydrogen) atoms. The SMILES string of the molecule is CC(C)(C)OC(=O)[C@@H](N)Cc1cccc(S(C)(=O)=O)c1. The molecule has 0 unspecified atom stereocenters. The molecule has 6 heteroatoms. The van der Waals surface area contributed by atoms with Gasteiger partial charge >= 0.3 is 5.97 Å². The molecule has 0 fully saturated rings. The van der Waals surface area contributed by atoms with E-state index in [2.05, 4.69) is 0 Å². The van der Waals surface area contributed by atoms with Gasteiger partial charge in [0.15, 0.2) is 9.84 Å². The Hall–Kier alpha value is -1.40. The zero-order valence-corrected chi connectivity index (χ0v) is 13.0. The zero-order chi connectivity index (χ0) is 15.6. The van der Waals surface area contributed by atoms with Gasteiger partial charge in [-0.1, -0.05) is 12.1 Å². The zero-order valence-electron chi connectivity index (χ0n) is 12.2. The Morgan fingerprint density at radius 3 is 2.45 bits per heavy atom. The van der Waals surface area contributed by atoms with Crippen LogP contribution in [0.2, 0.25) is 0 Å². The lowest BCUT2D eigenvalue weighted by Crippen LogP contribution is -2.38. The predicted molar refractivity (Wildman–Crippen MR) is 77.1 cm³/mol. The third kappa shape index (κ3) is 5.30. The maximum atomic E-state index is 11.8. The molecule has 1 aromatic carbocycles. The minimum Gasteiger partial charge on any atom is -0.459 e. The molecule has 0 aliphatic heterocycles. The van der Waals surface area contributed by atoms with Gasteiger partial charge in [0.2, 0.25) is 0 Å². The van der Waals surface area contributed by atoms with Gasteiger partial charge in [-0.25, -0.2) is 8.42 Å². The van der Waals surface area contributed by atoms with Crippen molar-refractivity contribution in [2.45, 2.75) is 43.7 Å². The molecule has 0 spiro atoms. The summed E-state index contributed by atoms with van der Waals surface area (Å²) in [6.07, 6.45) is 1.37. The number of nitrogens with two attached hydrogens (primary N) is 1. The summed E-state index contributed by atoms with van der Waals surface area (Å²) in [6, 6.07) is 5.59. The van der Waals surface area contributed by atoms with Gasteiger partial charge in [0.25, 0.3) is 0 Å². The van der Waals surface area contributed by atoms with E-state index in [1.165, 1.54) is 12.1 Å². The Kier molecular flexibility index (Phi) is 4.94. The molecule has 0 aliphatic carbocycles. The normalized spacial score (nSPS) is 13.8. The first-order valence-corrected chi connectivity index (χ1v) is 8.15. The quantitative estimate of drug-likeness (QED) is 0.847. The second-order valence-electron chi connectivity index (χ2n) is 5.76. The molecular weight excluding hydrogens is 278 g/mol. The van der Waals surface area contributed by atoms with Crippen LogP contribution < -0.4 is 5.73 Å². The van der Waals surface area contributed by atoms with E-state index in [4.69, 9.17) is 10.5 Å². The van der Waals surface area contributed by atoms with Gasteiger partial charge in [-0.05, 0) is 44.9 Å². The molecule has 0 bridgehead atoms. The van der Waals surface area contributed by atoms with Gasteiger partial charge in [0.05, 0.1) is 4.90 Å². The first-order valence-electron chi connectivity index (χ1n) is 6.26. The van der Waals surface area contributed by atoms with Crippen LogP contribution in [0.25, 0.3) is 0 Å². The van der Waals surface area contributed by atoms with Crippen molar-refractivity contribution in [1.29, 1.82) is 0 Å². The van der Waals surface area contributed by atoms with Gasteiger partial charge in [0.1, 0.15) is 11.6 Å². The van der Waals surface area contributed by atoms with Crippen molar-refractivity contribution in [1.82, 2.24) is 0 Å². The van der Waals surface area contributed by atoms with Crippen LogP contribution >= 0.6 is 0 Å². The summed E-state index contributed by atoms with van der Waals surface area (Å²) in [4.78, 5) is 12.0. The summed E-state index contributed by atoms with van der Waals surface area (Å²) in [5, 5.41) is 0. The Bertz CT molecular complexity index is 587. The number of benzene rings is 1. The molecule has 0 saturated carbocycles. The van der Waals surface area contributed by atoms with Crippen molar-refractivity contribution < 1.29 is 17.9 Å². The molecule has 0 aliphatic rings. The van der Waals surface area contributed by atoms with Crippen molar-refractivity contribution >= 4 is 15.8 Å². The highest BCUT2D eigenvalue weighted by Gasteiger charge is 2.22. The summed E-state index contributed by atoms with van der Waals surface area (Å²) in [5.41, 5.74) is 5.88. The monoisotopic (exact) mass is 299 g/mol. The van der Waals surface area contributed by atoms with Crippen LogP contribution in [0.5, 0.6) is 0 Å². The lowest BCUT2D eigenvalue weighted by Gasteiger charge is -2.22. The minimum absolute atomic E-state index is 0.214. The standard InChI is InChI=1S/C14H21NO4S/c1-14(2,3)19-13(16)12(15)9-10-6-5-7-11(8-10)20(4,17)18/h5-8,12H,9,15H2,1-4H3/t12-/m0/s1. The summed E-state index contributed by atoms with van der Waals surface area (Å²) >= 11 is 0. The Morgan fingerprint density at radius 2 is 1.95 bits per heavy atom. The van der Waals surface area contributed by atoms with Crippen molar-refractivity contribution in [3.05, 3.63) is 29.8 Å². The Labute approximate surface area is 120 Å². The number of sulfone groups is 1.